The summed E-state index contributed by atoms with van der Waals surface area (Å²) in [7, 11) is 0. The van der Waals surface area contributed by atoms with Crippen LogP contribution in [0.1, 0.15) is 44.6 Å². The molecule has 0 spiro atoms. The number of rotatable bonds is 9. The molecule has 166 valence electrons. The molecule has 3 rings (SSSR count). The molecule has 0 fully saturated rings. The van der Waals surface area contributed by atoms with Gasteiger partial charge in [-0.2, -0.15) is 10.2 Å². The molecule has 8 heteroatoms. The van der Waals surface area contributed by atoms with Gasteiger partial charge in [0.05, 0.1) is 22.5 Å². The summed E-state index contributed by atoms with van der Waals surface area (Å²) in [4.78, 5) is 28.1. The normalized spacial score (nSPS) is 12.5. The van der Waals surface area contributed by atoms with Gasteiger partial charge in [0, 0.05) is 6.54 Å². The van der Waals surface area contributed by atoms with Crippen LogP contribution in [0.5, 0.6) is 0 Å². The molecular formula is C23H32N6O2. The highest BCUT2D eigenvalue weighted by atomic mass is 16.2. The lowest BCUT2D eigenvalue weighted by molar-refractivity contribution is -0.124. The maximum atomic E-state index is 13.2. The van der Waals surface area contributed by atoms with Crippen molar-refractivity contribution < 1.29 is 4.79 Å². The monoisotopic (exact) mass is 424 g/mol. The van der Waals surface area contributed by atoms with Gasteiger partial charge in [0.15, 0.2) is 5.52 Å². The number of amides is 1. The van der Waals surface area contributed by atoms with Gasteiger partial charge in [-0.15, -0.1) is 0 Å². The van der Waals surface area contributed by atoms with E-state index < -0.39 is 6.04 Å². The highest BCUT2D eigenvalue weighted by Gasteiger charge is 2.23. The maximum Gasteiger partial charge on any atom is 0.295 e. The SMILES string of the molecule is CCN(CC)CCCNC(=O)C(C)n1nc(C)c2c(C)n(-c3ccccc3)nc2c1=O. The van der Waals surface area contributed by atoms with Crippen LogP contribution in [0.3, 0.4) is 0 Å². The van der Waals surface area contributed by atoms with Crippen molar-refractivity contribution in [3.05, 3.63) is 52.1 Å². The zero-order valence-corrected chi connectivity index (χ0v) is 19.1. The van der Waals surface area contributed by atoms with Crippen molar-refractivity contribution in [1.29, 1.82) is 0 Å². The third kappa shape index (κ3) is 4.69. The second kappa shape index (κ2) is 9.87. The number of nitrogens with zero attached hydrogens (tertiary/aromatic N) is 5. The van der Waals surface area contributed by atoms with Crippen molar-refractivity contribution in [3.8, 4) is 5.69 Å². The second-order valence-electron chi connectivity index (χ2n) is 7.74. The van der Waals surface area contributed by atoms with Gasteiger partial charge >= 0.3 is 0 Å². The van der Waals surface area contributed by atoms with Crippen molar-refractivity contribution in [2.24, 2.45) is 0 Å². The number of hydrogen-bond donors (Lipinski definition) is 1. The molecule has 0 aliphatic carbocycles. The smallest absolute Gasteiger partial charge is 0.295 e. The van der Waals surface area contributed by atoms with Gasteiger partial charge in [0.25, 0.3) is 5.56 Å². The summed E-state index contributed by atoms with van der Waals surface area (Å²) < 4.78 is 3.00. The average Bonchev–Trinajstić information content (AvgIpc) is 3.14. The Labute approximate surface area is 182 Å². The number of carbonyl (C=O) groups excluding carboxylic acids is 1. The third-order valence-corrected chi connectivity index (χ3v) is 5.74. The largest absolute Gasteiger partial charge is 0.354 e. The van der Waals surface area contributed by atoms with Crippen LogP contribution in [0.2, 0.25) is 0 Å². The minimum Gasteiger partial charge on any atom is -0.354 e. The van der Waals surface area contributed by atoms with Crippen LogP contribution in [0.25, 0.3) is 16.6 Å². The topological polar surface area (TPSA) is 85.1 Å². The van der Waals surface area contributed by atoms with E-state index in [0.29, 0.717) is 17.8 Å². The van der Waals surface area contributed by atoms with Crippen LogP contribution >= 0.6 is 0 Å². The van der Waals surface area contributed by atoms with Gasteiger partial charge in [-0.25, -0.2) is 9.36 Å². The maximum absolute atomic E-state index is 13.2. The summed E-state index contributed by atoms with van der Waals surface area (Å²) in [5.41, 5.74) is 2.37. The second-order valence-corrected chi connectivity index (χ2v) is 7.74. The number of nitrogens with one attached hydrogen (secondary N) is 1. The Morgan fingerprint density at radius 2 is 1.81 bits per heavy atom. The molecule has 0 saturated heterocycles. The van der Waals surface area contributed by atoms with Crippen LogP contribution in [-0.2, 0) is 4.79 Å². The zero-order valence-electron chi connectivity index (χ0n) is 19.1. The number of aryl methyl sites for hydroxylation is 2. The molecule has 0 bridgehead atoms. The van der Waals surface area contributed by atoms with Crippen LogP contribution < -0.4 is 10.9 Å². The van der Waals surface area contributed by atoms with E-state index in [9.17, 15) is 9.59 Å². The van der Waals surface area contributed by atoms with Gasteiger partial charge in [-0.1, -0.05) is 32.0 Å². The quantitative estimate of drug-likeness (QED) is 0.534. The number of carbonyl (C=O) groups is 1. The fraction of sp³-hybridized carbons (Fsp3) is 0.478. The molecule has 8 nitrogen and oxygen atoms in total. The first-order valence-corrected chi connectivity index (χ1v) is 10.9. The van der Waals surface area contributed by atoms with E-state index in [-0.39, 0.29) is 11.5 Å². The van der Waals surface area contributed by atoms with E-state index in [1.807, 2.05) is 44.2 Å². The van der Waals surface area contributed by atoms with E-state index in [0.717, 1.165) is 42.8 Å². The lowest BCUT2D eigenvalue weighted by Crippen LogP contribution is -2.38. The van der Waals surface area contributed by atoms with Gasteiger partial charge < -0.3 is 10.2 Å². The molecule has 0 saturated carbocycles. The first-order chi connectivity index (χ1) is 14.9. The van der Waals surface area contributed by atoms with E-state index in [1.54, 1.807) is 11.6 Å². The number of hydrogen-bond acceptors (Lipinski definition) is 5. The van der Waals surface area contributed by atoms with Crippen LogP contribution in [0, 0.1) is 13.8 Å². The molecule has 31 heavy (non-hydrogen) atoms. The number of benzene rings is 1. The third-order valence-electron chi connectivity index (χ3n) is 5.74. The molecule has 0 aliphatic rings. The van der Waals surface area contributed by atoms with Crippen molar-refractivity contribution >= 4 is 16.8 Å². The lowest BCUT2D eigenvalue weighted by Gasteiger charge is -2.18. The molecule has 1 unspecified atom stereocenters. The van der Waals surface area contributed by atoms with Crippen molar-refractivity contribution in [2.45, 2.75) is 47.1 Å². The summed E-state index contributed by atoms with van der Waals surface area (Å²) in [6, 6.07) is 8.95. The summed E-state index contributed by atoms with van der Waals surface area (Å²) >= 11 is 0. The van der Waals surface area contributed by atoms with Gasteiger partial charge in [-0.05, 0) is 59.0 Å². The van der Waals surface area contributed by atoms with Crippen LogP contribution in [0.15, 0.2) is 35.1 Å². The highest BCUT2D eigenvalue weighted by Crippen LogP contribution is 2.21. The molecule has 3 aromatic rings. The predicted octanol–water partition coefficient (Wildman–Crippen LogP) is 2.61. The van der Waals surface area contributed by atoms with Crippen molar-refractivity contribution in [3.63, 3.8) is 0 Å². The standard InChI is InChI=1S/C23H32N6O2/c1-6-27(7-2)15-11-14-24-22(30)18(5)29-23(31)21-20(16(3)25-29)17(4)28(26-21)19-12-9-8-10-13-19/h8-10,12-13,18H,6-7,11,14-15H2,1-5H3,(H,24,30). The summed E-state index contributed by atoms with van der Waals surface area (Å²) in [5, 5.41) is 12.7. The zero-order chi connectivity index (χ0) is 22.5. The molecule has 2 aromatic heterocycles. The minimum atomic E-state index is -0.716. The van der Waals surface area contributed by atoms with E-state index in [2.05, 4.69) is 34.3 Å². The molecule has 1 amide bonds. The first-order valence-electron chi connectivity index (χ1n) is 10.9. The average molecular weight is 425 g/mol. The fourth-order valence-electron chi connectivity index (χ4n) is 3.85. The van der Waals surface area contributed by atoms with Crippen LogP contribution in [-0.4, -0.2) is 56.5 Å². The van der Waals surface area contributed by atoms with Gasteiger partial charge in [-0.3, -0.25) is 9.59 Å². The Kier molecular flexibility index (Phi) is 7.22. The Balaban J connectivity index is 1.83. The van der Waals surface area contributed by atoms with Crippen LogP contribution in [0.4, 0.5) is 0 Å². The number of aromatic nitrogens is 4. The molecule has 1 aromatic carbocycles. The minimum absolute atomic E-state index is 0.216. The molecule has 1 atom stereocenters. The van der Waals surface area contributed by atoms with E-state index in [1.165, 1.54) is 4.68 Å². The van der Waals surface area contributed by atoms with Crippen molar-refractivity contribution in [1.82, 2.24) is 29.8 Å². The highest BCUT2D eigenvalue weighted by molar-refractivity contribution is 5.84. The van der Waals surface area contributed by atoms with E-state index >= 15 is 0 Å². The molecule has 0 radical (unpaired) electrons. The number of para-hydroxylation sites is 1. The van der Waals surface area contributed by atoms with Crippen molar-refractivity contribution in [2.75, 3.05) is 26.2 Å². The Bertz CT molecular complexity index is 1100. The molecule has 2 heterocycles. The fourth-order valence-corrected chi connectivity index (χ4v) is 3.85. The lowest BCUT2D eigenvalue weighted by atomic mass is 10.2. The first kappa shape index (κ1) is 22.7. The molecular weight excluding hydrogens is 392 g/mol. The molecule has 1 N–H and O–H groups in total. The number of fused-ring (bicyclic) bond motifs is 1. The summed E-state index contributed by atoms with van der Waals surface area (Å²) in [6.07, 6.45) is 0.862. The van der Waals surface area contributed by atoms with Gasteiger partial charge in [0.1, 0.15) is 6.04 Å². The Morgan fingerprint density at radius 3 is 2.45 bits per heavy atom. The van der Waals surface area contributed by atoms with Gasteiger partial charge in [0.2, 0.25) is 5.91 Å². The predicted molar refractivity (Wildman–Crippen MR) is 123 cm³/mol. The Hall–Kier alpha value is -3.00. The molecule has 0 aliphatic heterocycles. The van der Waals surface area contributed by atoms with E-state index in [4.69, 9.17) is 0 Å². The summed E-state index contributed by atoms with van der Waals surface area (Å²) in [6.45, 7) is 13.2. The Morgan fingerprint density at radius 1 is 1.13 bits per heavy atom. The summed E-state index contributed by atoms with van der Waals surface area (Å²) in [5.74, 6) is -0.216.